The van der Waals surface area contributed by atoms with Gasteiger partial charge in [-0.2, -0.15) is 5.26 Å². The number of hydrogen-bond donors (Lipinski definition) is 2. The zero-order chi connectivity index (χ0) is 26.7. The molecule has 1 aliphatic rings. The van der Waals surface area contributed by atoms with Gasteiger partial charge in [-0.25, -0.2) is 0 Å². The lowest BCUT2D eigenvalue weighted by Crippen LogP contribution is -2.42. The van der Waals surface area contributed by atoms with E-state index in [1.807, 2.05) is 39.0 Å². The molecule has 1 fully saturated rings. The average Bonchev–Trinajstić information content (AvgIpc) is 3.23. The van der Waals surface area contributed by atoms with E-state index in [0.29, 0.717) is 30.7 Å². The topological polar surface area (TPSA) is 112 Å². The molecule has 0 aliphatic heterocycles. The summed E-state index contributed by atoms with van der Waals surface area (Å²) < 4.78 is 13.5. The fourth-order valence-electron chi connectivity index (χ4n) is 4.87. The number of nitrogens with zero attached hydrogens (tertiary/aromatic N) is 1. The van der Waals surface area contributed by atoms with Crippen LogP contribution in [0.15, 0.2) is 24.3 Å². The summed E-state index contributed by atoms with van der Waals surface area (Å²) in [7, 11) is 1.57. The van der Waals surface area contributed by atoms with Crippen LogP contribution in [0, 0.1) is 34.5 Å². The second kappa shape index (κ2) is 11.1. The summed E-state index contributed by atoms with van der Waals surface area (Å²) in [5.41, 5.74) is 0.968. The van der Waals surface area contributed by atoms with Gasteiger partial charge in [0.2, 0.25) is 5.91 Å². The first-order chi connectivity index (χ1) is 16.8. The molecule has 0 saturated heterocycles. The van der Waals surface area contributed by atoms with Crippen LogP contribution in [0.3, 0.4) is 0 Å². The number of hydrogen-bond acceptors (Lipinski definition) is 5. The third-order valence-corrected chi connectivity index (χ3v) is 6.65. The minimum absolute atomic E-state index is 0.00402. The predicted molar refractivity (Wildman–Crippen MR) is 135 cm³/mol. The lowest BCUT2D eigenvalue weighted by molar-refractivity contribution is -0.128. The molecule has 4 atom stereocenters. The Morgan fingerprint density at radius 2 is 2.09 bits per heavy atom. The normalized spacial score (nSPS) is 22.7. The Kier molecular flexibility index (Phi) is 7.90. The number of H-pyrrole nitrogens is 1. The Morgan fingerprint density at radius 3 is 2.71 bits per heavy atom. The molecule has 7 heteroatoms. The van der Waals surface area contributed by atoms with E-state index >= 15 is 0 Å². The molecule has 0 bridgehead atoms. The maximum Gasteiger partial charge on any atom is 0.224 e. The monoisotopic (exact) mass is 480 g/mol. The number of nitrogens with one attached hydrogen (secondary N) is 2. The molecular formula is C28H37N3O4. The van der Waals surface area contributed by atoms with Gasteiger partial charge in [0.05, 0.1) is 18.9 Å². The molecule has 1 heterocycles. The van der Waals surface area contributed by atoms with E-state index in [0.717, 1.165) is 10.9 Å². The van der Waals surface area contributed by atoms with Crippen molar-refractivity contribution in [3.05, 3.63) is 30.0 Å². The largest absolute Gasteiger partial charge is 0.496 e. The van der Waals surface area contributed by atoms with Gasteiger partial charge in [0.1, 0.15) is 17.6 Å². The van der Waals surface area contributed by atoms with Gasteiger partial charge in [-0.1, -0.05) is 33.8 Å². The summed E-state index contributed by atoms with van der Waals surface area (Å²) >= 11 is 0. The number of ether oxygens (including phenoxy) is 1. The quantitative estimate of drug-likeness (QED) is 0.479. The Balaban J connectivity index is 1.72. The number of methoxy groups -OCH3 is 1. The molecule has 1 aromatic heterocycles. The summed E-state index contributed by atoms with van der Waals surface area (Å²) in [6.07, 6.45) is 1.99. The number of Topliss-reactive ketones (excluding diaryl/α,β-unsaturated/α-hetero) is 2. The van der Waals surface area contributed by atoms with E-state index in [-0.39, 0.29) is 48.1 Å². The Labute approximate surface area is 209 Å². The highest BCUT2D eigenvalue weighted by Gasteiger charge is 2.32. The molecule has 35 heavy (non-hydrogen) atoms. The van der Waals surface area contributed by atoms with Crippen molar-refractivity contribution in [2.75, 3.05) is 7.11 Å². The Hall–Kier alpha value is -3.14. The van der Waals surface area contributed by atoms with E-state index in [4.69, 9.17) is 6.11 Å². The van der Waals surface area contributed by atoms with E-state index < -0.39 is 17.9 Å². The molecule has 0 radical (unpaired) electrons. The summed E-state index contributed by atoms with van der Waals surface area (Å²) in [6.45, 7) is 7.77. The van der Waals surface area contributed by atoms with Crippen LogP contribution in [-0.4, -0.2) is 35.6 Å². The van der Waals surface area contributed by atoms with Gasteiger partial charge in [-0.3, -0.25) is 14.4 Å². The van der Waals surface area contributed by atoms with E-state index in [1.54, 1.807) is 20.1 Å². The molecule has 1 saturated carbocycles. The van der Waals surface area contributed by atoms with E-state index in [1.165, 1.54) is 0 Å². The first-order valence-electron chi connectivity index (χ1n) is 12.7. The van der Waals surface area contributed by atoms with Crippen LogP contribution < -0.4 is 10.1 Å². The minimum Gasteiger partial charge on any atom is -0.496 e. The van der Waals surface area contributed by atoms with Crippen LogP contribution in [0.1, 0.15) is 78.1 Å². The van der Waals surface area contributed by atoms with Crippen LogP contribution in [0.25, 0.3) is 10.9 Å². The minimum atomic E-state index is -0.823. The van der Waals surface area contributed by atoms with E-state index in [9.17, 15) is 19.6 Å². The molecule has 0 spiro atoms. The van der Waals surface area contributed by atoms with Crippen molar-refractivity contribution in [1.82, 2.24) is 10.3 Å². The highest BCUT2D eigenvalue weighted by Crippen LogP contribution is 2.31. The number of aromatic nitrogens is 1. The number of fused-ring (bicyclic) bond motifs is 1. The summed E-state index contributed by atoms with van der Waals surface area (Å²) in [5.74, 6) is -1.63. The number of carbonyl (C=O) groups is 3. The highest BCUT2D eigenvalue weighted by atomic mass is 16.5. The zero-order valence-corrected chi connectivity index (χ0v) is 21.4. The van der Waals surface area contributed by atoms with Gasteiger partial charge in [0.15, 0.2) is 5.78 Å². The Morgan fingerprint density at radius 1 is 1.34 bits per heavy atom. The smallest absolute Gasteiger partial charge is 0.224 e. The molecule has 1 aliphatic carbocycles. The SMILES string of the molecule is [2H]C1(C)CC[C@@H](C[C@@H](C#N)NC(=O)[C@@H](CC(=O)c2cc3c(OC)cccc3[nH]2)CC(C)(C)C)C(=O)C1. The second-order valence-corrected chi connectivity index (χ2v) is 11.0. The summed E-state index contributed by atoms with van der Waals surface area (Å²) in [6, 6.07) is 8.57. The average molecular weight is 481 g/mol. The zero-order valence-electron chi connectivity index (χ0n) is 22.4. The number of rotatable bonds is 9. The fraction of sp³-hybridized carbons (Fsp3) is 0.571. The van der Waals surface area contributed by atoms with Crippen molar-refractivity contribution >= 4 is 28.4 Å². The van der Waals surface area contributed by atoms with Crippen LogP contribution in [0.5, 0.6) is 5.75 Å². The highest BCUT2D eigenvalue weighted by molar-refractivity contribution is 6.02. The lowest BCUT2D eigenvalue weighted by Gasteiger charge is -2.28. The standard InChI is InChI=1S/C28H37N3O4/c1-17-9-10-18(24(32)11-17)12-20(16-29)30-27(34)19(15-28(2,3)4)13-25(33)23-14-21-22(31-23)7-6-8-26(21)35-5/h6-8,14,17-20,31H,9-13,15H2,1-5H3,(H,30,34)/t17?,18-,19-,20-/m0/s1/i17D. The molecule has 2 N–H and O–H groups in total. The second-order valence-electron chi connectivity index (χ2n) is 11.0. The van der Waals surface area contributed by atoms with Crippen molar-refractivity contribution in [2.24, 2.45) is 23.1 Å². The van der Waals surface area contributed by atoms with Gasteiger partial charge < -0.3 is 15.0 Å². The van der Waals surface area contributed by atoms with Crippen LogP contribution >= 0.6 is 0 Å². The number of benzene rings is 1. The predicted octanol–water partition coefficient (Wildman–Crippen LogP) is 5.21. The van der Waals surface area contributed by atoms with Crippen LogP contribution in [0.4, 0.5) is 0 Å². The number of nitriles is 1. The van der Waals surface area contributed by atoms with Crippen molar-refractivity contribution in [3.8, 4) is 11.8 Å². The number of ketones is 2. The van der Waals surface area contributed by atoms with Gasteiger partial charge in [0, 0.05) is 37.0 Å². The van der Waals surface area contributed by atoms with Gasteiger partial charge in [0.25, 0.3) is 0 Å². The third kappa shape index (κ3) is 6.94. The first-order valence-corrected chi connectivity index (χ1v) is 12.2. The number of amides is 1. The number of aromatic amines is 1. The molecule has 3 rings (SSSR count). The molecule has 7 nitrogen and oxygen atoms in total. The van der Waals surface area contributed by atoms with Crippen LogP contribution in [-0.2, 0) is 9.59 Å². The maximum absolute atomic E-state index is 13.3. The molecule has 1 aromatic carbocycles. The van der Waals surface area contributed by atoms with Crippen LogP contribution in [0.2, 0.25) is 0 Å². The summed E-state index contributed by atoms with van der Waals surface area (Å²) in [5, 5.41) is 13.3. The molecule has 188 valence electrons. The van der Waals surface area contributed by atoms with Crippen molar-refractivity contribution in [1.29, 1.82) is 5.26 Å². The molecule has 1 amide bonds. The molecular weight excluding hydrogens is 442 g/mol. The van der Waals surface area contributed by atoms with Crippen molar-refractivity contribution in [3.63, 3.8) is 0 Å². The molecule has 1 unspecified atom stereocenters. The first kappa shape index (κ1) is 25.0. The van der Waals surface area contributed by atoms with Crippen molar-refractivity contribution < 1.29 is 20.5 Å². The van der Waals surface area contributed by atoms with Gasteiger partial charge in [-0.15, -0.1) is 0 Å². The lowest BCUT2D eigenvalue weighted by atomic mass is 9.79. The third-order valence-electron chi connectivity index (χ3n) is 6.65. The fourth-order valence-corrected chi connectivity index (χ4v) is 4.87. The Bertz CT molecular complexity index is 1170. The summed E-state index contributed by atoms with van der Waals surface area (Å²) in [4.78, 5) is 42.1. The van der Waals surface area contributed by atoms with Crippen molar-refractivity contribution in [2.45, 2.75) is 72.3 Å². The van der Waals surface area contributed by atoms with Gasteiger partial charge >= 0.3 is 0 Å². The number of carbonyl (C=O) groups excluding carboxylic acids is 3. The molecule has 2 aromatic rings. The van der Waals surface area contributed by atoms with E-state index in [2.05, 4.69) is 16.4 Å². The maximum atomic E-state index is 13.3. The van der Waals surface area contributed by atoms with Gasteiger partial charge in [-0.05, 0) is 55.2 Å².